The smallest absolute Gasteiger partial charge is 0.203 e. The predicted octanol–water partition coefficient (Wildman–Crippen LogP) is 2.76. The van der Waals surface area contributed by atoms with E-state index in [0.717, 1.165) is 11.1 Å². The van der Waals surface area contributed by atoms with Gasteiger partial charge in [-0.1, -0.05) is 24.3 Å². The molecule has 1 N–H and O–H groups in total. The third-order valence-electron chi connectivity index (χ3n) is 3.23. The van der Waals surface area contributed by atoms with E-state index in [1.54, 1.807) is 6.08 Å². The van der Waals surface area contributed by atoms with Gasteiger partial charge in [0.15, 0.2) is 0 Å². The van der Waals surface area contributed by atoms with E-state index in [-0.39, 0.29) is 10.6 Å². The molecule has 0 spiro atoms. The van der Waals surface area contributed by atoms with Crippen molar-refractivity contribution in [2.24, 2.45) is 0 Å². The van der Waals surface area contributed by atoms with Crippen LogP contribution in [-0.4, -0.2) is 13.5 Å². The summed E-state index contributed by atoms with van der Waals surface area (Å²) in [6.07, 6.45) is 2.15. The molecule has 0 saturated heterocycles. The second-order valence-electron chi connectivity index (χ2n) is 4.48. The van der Waals surface area contributed by atoms with Crippen molar-refractivity contribution in [1.82, 2.24) is 0 Å². The quantitative estimate of drug-likeness (QED) is 0.914. The van der Waals surface area contributed by atoms with Crippen molar-refractivity contribution in [2.75, 3.05) is 0 Å². The number of rotatable bonds is 2. The second kappa shape index (κ2) is 4.24. The van der Waals surface area contributed by atoms with Crippen molar-refractivity contribution in [3.63, 3.8) is 0 Å². The van der Waals surface area contributed by atoms with Gasteiger partial charge in [-0.15, -0.1) is 0 Å². The van der Waals surface area contributed by atoms with E-state index in [1.165, 1.54) is 24.3 Å². The van der Waals surface area contributed by atoms with E-state index in [4.69, 9.17) is 0 Å². The second-order valence-corrected chi connectivity index (χ2v) is 6.49. The Labute approximate surface area is 111 Å². The van der Waals surface area contributed by atoms with Crippen LogP contribution in [0.15, 0.2) is 58.3 Å². The molecular formula is C15H12O3S. The van der Waals surface area contributed by atoms with Crippen LogP contribution in [-0.2, 0) is 16.3 Å². The van der Waals surface area contributed by atoms with E-state index < -0.39 is 9.84 Å². The molecule has 0 aliphatic heterocycles. The number of hydrogen-bond acceptors (Lipinski definition) is 3. The molecule has 0 saturated carbocycles. The number of aromatic hydroxyl groups is 1. The molecule has 0 aromatic heterocycles. The highest BCUT2D eigenvalue weighted by Crippen LogP contribution is 2.32. The Hall–Kier alpha value is -2.07. The maximum Gasteiger partial charge on any atom is 0.203 e. The average molecular weight is 272 g/mol. The first-order chi connectivity index (χ1) is 9.07. The lowest BCUT2D eigenvalue weighted by molar-refractivity contribution is 0.475. The van der Waals surface area contributed by atoms with Crippen molar-refractivity contribution in [3.8, 4) is 5.75 Å². The van der Waals surface area contributed by atoms with Crippen molar-refractivity contribution < 1.29 is 13.5 Å². The van der Waals surface area contributed by atoms with Gasteiger partial charge in [0.2, 0.25) is 9.84 Å². The summed E-state index contributed by atoms with van der Waals surface area (Å²) >= 11 is 0. The van der Waals surface area contributed by atoms with Gasteiger partial charge in [-0.05, 0) is 41.5 Å². The molecule has 2 aromatic rings. The van der Waals surface area contributed by atoms with Crippen LogP contribution in [0.3, 0.4) is 0 Å². The van der Waals surface area contributed by atoms with Gasteiger partial charge in [-0.3, -0.25) is 0 Å². The zero-order valence-electron chi connectivity index (χ0n) is 10.1. The van der Waals surface area contributed by atoms with Gasteiger partial charge in [-0.25, -0.2) is 8.42 Å². The predicted molar refractivity (Wildman–Crippen MR) is 73.4 cm³/mol. The summed E-state index contributed by atoms with van der Waals surface area (Å²) in [5, 5.41) is 9.22. The number of phenolic OH excluding ortho intramolecular Hbond substituents is 1. The van der Waals surface area contributed by atoms with Gasteiger partial charge in [-0.2, -0.15) is 0 Å². The van der Waals surface area contributed by atoms with Gasteiger partial charge < -0.3 is 5.11 Å². The Kier molecular flexibility index (Phi) is 2.68. The lowest BCUT2D eigenvalue weighted by atomic mass is 10.1. The largest absolute Gasteiger partial charge is 0.508 e. The molecule has 2 aromatic carbocycles. The summed E-state index contributed by atoms with van der Waals surface area (Å²) < 4.78 is 24.9. The molecule has 96 valence electrons. The van der Waals surface area contributed by atoms with Gasteiger partial charge in [0.1, 0.15) is 5.75 Å². The Bertz CT molecular complexity index is 756. The summed E-state index contributed by atoms with van der Waals surface area (Å²) in [5.74, 6) is 0.0580. The Morgan fingerprint density at radius 1 is 0.947 bits per heavy atom. The fourth-order valence-electron chi connectivity index (χ4n) is 2.20. The van der Waals surface area contributed by atoms with Gasteiger partial charge in [0.25, 0.3) is 0 Å². The molecule has 0 atom stereocenters. The number of benzene rings is 2. The highest BCUT2D eigenvalue weighted by Gasteiger charge is 2.25. The number of hydrogen-bond donors (Lipinski definition) is 1. The van der Waals surface area contributed by atoms with Gasteiger partial charge in [0, 0.05) is 6.42 Å². The Morgan fingerprint density at radius 3 is 2.32 bits per heavy atom. The molecule has 19 heavy (non-hydrogen) atoms. The normalized spacial score (nSPS) is 14.0. The maximum atomic E-state index is 12.5. The topological polar surface area (TPSA) is 54.4 Å². The molecule has 4 heteroatoms. The Balaban J connectivity index is 2.02. The van der Waals surface area contributed by atoms with Gasteiger partial charge >= 0.3 is 0 Å². The van der Waals surface area contributed by atoms with Crippen molar-refractivity contribution in [2.45, 2.75) is 11.3 Å². The highest BCUT2D eigenvalue weighted by atomic mass is 32.2. The molecule has 0 amide bonds. The average Bonchev–Trinajstić information content (AvgIpc) is 2.83. The molecule has 0 fully saturated rings. The standard InChI is InChI=1S/C15H12O3S/c16-13-5-7-14(8-6-13)19(17,18)15-9-11-3-1-2-4-12(11)10-15/h1-9,16H,10H2. The van der Waals surface area contributed by atoms with Crippen molar-refractivity contribution in [1.29, 1.82) is 0 Å². The molecular weight excluding hydrogens is 260 g/mol. The summed E-state index contributed by atoms with van der Waals surface area (Å²) in [7, 11) is -3.47. The fraction of sp³-hybridized carbons (Fsp3) is 0.0667. The Morgan fingerprint density at radius 2 is 1.63 bits per heavy atom. The molecule has 1 aliphatic carbocycles. The number of allylic oxidation sites excluding steroid dienone is 1. The van der Waals surface area contributed by atoms with Crippen LogP contribution in [0, 0.1) is 0 Å². The minimum absolute atomic E-state index is 0.0580. The molecule has 0 bridgehead atoms. The first kappa shape index (κ1) is 12.0. The van der Waals surface area contributed by atoms with Crippen molar-refractivity contribution >= 4 is 15.9 Å². The van der Waals surface area contributed by atoms with Crippen LogP contribution >= 0.6 is 0 Å². The summed E-state index contributed by atoms with van der Waals surface area (Å²) in [4.78, 5) is 0.615. The molecule has 0 heterocycles. The fourth-order valence-corrected chi connectivity index (χ4v) is 3.62. The van der Waals surface area contributed by atoms with E-state index >= 15 is 0 Å². The summed E-state index contributed by atoms with van der Waals surface area (Å²) in [5.41, 5.74) is 1.99. The van der Waals surface area contributed by atoms with Crippen molar-refractivity contribution in [3.05, 3.63) is 64.6 Å². The lowest BCUT2D eigenvalue weighted by Crippen LogP contribution is -2.04. The van der Waals surface area contributed by atoms with Crippen LogP contribution in [0.2, 0.25) is 0 Å². The van der Waals surface area contributed by atoms with Crippen LogP contribution in [0.5, 0.6) is 5.75 Å². The summed E-state index contributed by atoms with van der Waals surface area (Å²) in [6.45, 7) is 0. The number of phenols is 1. The van der Waals surface area contributed by atoms with Crippen LogP contribution in [0.4, 0.5) is 0 Å². The van der Waals surface area contributed by atoms with Crippen LogP contribution in [0.1, 0.15) is 11.1 Å². The van der Waals surface area contributed by atoms with E-state index in [0.29, 0.717) is 11.3 Å². The first-order valence-corrected chi connectivity index (χ1v) is 7.38. The van der Waals surface area contributed by atoms with Crippen LogP contribution in [0.25, 0.3) is 6.08 Å². The molecule has 1 aliphatic rings. The number of sulfone groups is 1. The minimum atomic E-state index is -3.47. The highest BCUT2D eigenvalue weighted by molar-refractivity contribution is 7.95. The number of fused-ring (bicyclic) bond motifs is 1. The maximum absolute atomic E-state index is 12.5. The SMILES string of the molecule is O=S(=O)(C1=Cc2ccccc2C1)c1ccc(O)cc1. The summed E-state index contributed by atoms with van der Waals surface area (Å²) in [6, 6.07) is 13.3. The molecule has 0 radical (unpaired) electrons. The first-order valence-electron chi connectivity index (χ1n) is 5.90. The van der Waals surface area contributed by atoms with Crippen LogP contribution < -0.4 is 0 Å². The zero-order chi connectivity index (χ0) is 13.5. The monoisotopic (exact) mass is 272 g/mol. The third kappa shape index (κ3) is 2.04. The van der Waals surface area contributed by atoms with Gasteiger partial charge in [0.05, 0.1) is 9.80 Å². The van der Waals surface area contributed by atoms with E-state index in [9.17, 15) is 13.5 Å². The minimum Gasteiger partial charge on any atom is -0.508 e. The molecule has 3 rings (SSSR count). The third-order valence-corrected chi connectivity index (χ3v) is 5.07. The van der Waals surface area contributed by atoms with E-state index in [1.807, 2.05) is 24.3 Å². The molecule has 3 nitrogen and oxygen atoms in total. The molecule has 0 unspecified atom stereocenters. The van der Waals surface area contributed by atoms with E-state index in [2.05, 4.69) is 0 Å². The lowest BCUT2D eigenvalue weighted by Gasteiger charge is -2.05. The zero-order valence-corrected chi connectivity index (χ0v) is 10.9.